The monoisotopic (exact) mass is 401 g/mol. The fraction of sp³-hybridized carbons (Fsp3) is 0.346. The molecule has 0 saturated carbocycles. The number of nitrogens with zero attached hydrogens (tertiary/aromatic N) is 1. The van der Waals surface area contributed by atoms with E-state index < -0.39 is 12.1 Å². The molecule has 4 rings (SSSR count). The van der Waals surface area contributed by atoms with Crippen molar-refractivity contribution in [2.75, 3.05) is 0 Å². The largest absolute Gasteiger partial charge is 0.451 e. The number of pyridine rings is 1. The van der Waals surface area contributed by atoms with E-state index in [-0.39, 0.29) is 5.78 Å². The maximum atomic E-state index is 13.3. The number of ketones is 1. The summed E-state index contributed by atoms with van der Waals surface area (Å²) in [4.78, 5) is 30.9. The van der Waals surface area contributed by atoms with Gasteiger partial charge in [0, 0.05) is 16.6 Å². The van der Waals surface area contributed by atoms with Crippen molar-refractivity contribution < 1.29 is 14.3 Å². The number of esters is 1. The van der Waals surface area contributed by atoms with Crippen LogP contribution in [0.1, 0.15) is 64.7 Å². The van der Waals surface area contributed by atoms with Crippen LogP contribution in [0.5, 0.6) is 0 Å². The van der Waals surface area contributed by atoms with Crippen molar-refractivity contribution in [1.82, 2.24) is 4.98 Å². The highest BCUT2D eigenvalue weighted by atomic mass is 16.5. The minimum atomic E-state index is -0.853. The molecule has 0 amide bonds. The molecule has 2 atom stereocenters. The van der Waals surface area contributed by atoms with Crippen LogP contribution in [0.4, 0.5) is 0 Å². The summed E-state index contributed by atoms with van der Waals surface area (Å²) < 4.78 is 5.70. The number of benzene rings is 2. The Kier molecular flexibility index (Phi) is 5.67. The Labute approximate surface area is 177 Å². The van der Waals surface area contributed by atoms with Gasteiger partial charge in [-0.15, -0.1) is 0 Å². The van der Waals surface area contributed by atoms with Gasteiger partial charge in [-0.25, -0.2) is 4.79 Å². The topological polar surface area (TPSA) is 56.3 Å². The molecule has 0 aliphatic heterocycles. The van der Waals surface area contributed by atoms with E-state index in [0.29, 0.717) is 17.0 Å². The normalized spacial score (nSPS) is 16.7. The first kappa shape index (κ1) is 20.3. The van der Waals surface area contributed by atoms with Crippen molar-refractivity contribution >= 4 is 22.7 Å². The van der Waals surface area contributed by atoms with Crippen molar-refractivity contribution in [3.63, 3.8) is 0 Å². The number of aromatic nitrogens is 1. The highest BCUT2D eigenvalue weighted by molar-refractivity contribution is 6.07. The van der Waals surface area contributed by atoms with Gasteiger partial charge in [0.05, 0.1) is 11.1 Å². The maximum absolute atomic E-state index is 13.3. The third-order valence-corrected chi connectivity index (χ3v) is 6.01. The molecule has 1 aromatic heterocycles. The molecule has 2 unspecified atom stereocenters. The molecule has 0 N–H and O–H groups in total. The predicted octanol–water partition coefficient (Wildman–Crippen LogP) is 5.35. The fourth-order valence-corrected chi connectivity index (χ4v) is 4.21. The lowest BCUT2D eigenvalue weighted by Gasteiger charge is -2.24. The minimum absolute atomic E-state index is 0.188. The van der Waals surface area contributed by atoms with Gasteiger partial charge in [-0.3, -0.25) is 9.78 Å². The van der Waals surface area contributed by atoms with Crippen LogP contribution in [0.25, 0.3) is 10.9 Å². The first-order chi connectivity index (χ1) is 14.5. The van der Waals surface area contributed by atoms with Gasteiger partial charge in [0.25, 0.3) is 0 Å². The van der Waals surface area contributed by atoms with Crippen molar-refractivity contribution in [2.45, 2.75) is 52.6 Å². The lowest BCUT2D eigenvalue weighted by molar-refractivity contribution is 0.0319. The molecular weight excluding hydrogens is 374 g/mol. The molecular formula is C26H27NO3. The van der Waals surface area contributed by atoms with Crippen LogP contribution in [0.15, 0.2) is 48.5 Å². The Morgan fingerprint density at radius 1 is 1.13 bits per heavy atom. The molecule has 30 heavy (non-hydrogen) atoms. The molecule has 0 spiro atoms. The third kappa shape index (κ3) is 3.87. The van der Waals surface area contributed by atoms with Gasteiger partial charge < -0.3 is 4.74 Å². The standard InChI is InChI=1S/C26H27NO3/c1-4-18-10-12-19(13-11-18)25(28)17(3)30-26(29)24-20-7-5-6-8-22(20)27-23-14-9-16(2)15-21(23)24/h5-8,10-13,16-17H,4,9,14-15H2,1-3H3. The second-order valence-electron chi connectivity index (χ2n) is 8.24. The van der Waals surface area contributed by atoms with Gasteiger partial charge in [0.2, 0.25) is 5.78 Å². The lowest BCUT2D eigenvalue weighted by atomic mass is 9.84. The van der Waals surface area contributed by atoms with E-state index in [0.717, 1.165) is 47.8 Å². The van der Waals surface area contributed by atoms with Crippen LogP contribution in [0, 0.1) is 5.92 Å². The van der Waals surface area contributed by atoms with Gasteiger partial charge >= 0.3 is 5.97 Å². The average Bonchev–Trinajstić information content (AvgIpc) is 2.76. The van der Waals surface area contributed by atoms with E-state index in [1.165, 1.54) is 5.56 Å². The summed E-state index contributed by atoms with van der Waals surface area (Å²) in [6.45, 7) is 5.91. The fourth-order valence-electron chi connectivity index (χ4n) is 4.21. The molecule has 0 bridgehead atoms. The lowest BCUT2D eigenvalue weighted by Crippen LogP contribution is -2.26. The zero-order chi connectivity index (χ0) is 21.3. The second kappa shape index (κ2) is 8.39. The molecule has 2 aromatic carbocycles. The Hall–Kier alpha value is -3.01. The van der Waals surface area contributed by atoms with E-state index in [2.05, 4.69) is 13.8 Å². The maximum Gasteiger partial charge on any atom is 0.339 e. The van der Waals surface area contributed by atoms with Crippen molar-refractivity contribution in [2.24, 2.45) is 5.92 Å². The summed E-state index contributed by atoms with van der Waals surface area (Å²) in [6, 6.07) is 15.2. The van der Waals surface area contributed by atoms with E-state index in [4.69, 9.17) is 9.72 Å². The Balaban J connectivity index is 1.65. The van der Waals surface area contributed by atoms with Crippen molar-refractivity contribution in [3.05, 3.63) is 76.5 Å². The second-order valence-corrected chi connectivity index (χ2v) is 8.24. The summed E-state index contributed by atoms with van der Waals surface area (Å²) >= 11 is 0. The predicted molar refractivity (Wildman–Crippen MR) is 118 cm³/mol. The zero-order valence-electron chi connectivity index (χ0n) is 17.8. The molecule has 3 aromatic rings. The van der Waals surface area contributed by atoms with E-state index in [1.807, 2.05) is 36.4 Å². The van der Waals surface area contributed by atoms with Crippen LogP contribution < -0.4 is 0 Å². The Morgan fingerprint density at radius 2 is 1.87 bits per heavy atom. The number of ether oxygens (including phenoxy) is 1. The van der Waals surface area contributed by atoms with E-state index in [1.54, 1.807) is 19.1 Å². The number of para-hydroxylation sites is 1. The number of rotatable bonds is 5. The number of fused-ring (bicyclic) bond motifs is 2. The first-order valence-electron chi connectivity index (χ1n) is 10.7. The first-order valence-corrected chi connectivity index (χ1v) is 10.7. The van der Waals surface area contributed by atoms with Crippen LogP contribution in [0.3, 0.4) is 0 Å². The molecule has 0 fully saturated rings. The number of Topliss-reactive ketones (excluding diaryl/α,β-unsaturated/α-hetero) is 1. The molecule has 4 heteroatoms. The summed E-state index contributed by atoms with van der Waals surface area (Å²) in [5.74, 6) is -0.139. The number of carbonyl (C=O) groups is 2. The van der Waals surface area contributed by atoms with Gasteiger partial charge in [0.1, 0.15) is 0 Å². The summed E-state index contributed by atoms with van der Waals surface area (Å²) in [5.41, 5.74) is 5.05. The summed E-state index contributed by atoms with van der Waals surface area (Å²) in [5, 5.41) is 0.794. The van der Waals surface area contributed by atoms with Crippen molar-refractivity contribution in [3.8, 4) is 0 Å². The number of hydrogen-bond acceptors (Lipinski definition) is 4. The molecule has 0 saturated heterocycles. The zero-order valence-corrected chi connectivity index (χ0v) is 17.8. The third-order valence-electron chi connectivity index (χ3n) is 6.01. The quantitative estimate of drug-likeness (QED) is 0.427. The van der Waals surface area contributed by atoms with E-state index in [9.17, 15) is 9.59 Å². The highest BCUT2D eigenvalue weighted by Crippen LogP contribution is 2.32. The number of hydrogen-bond donors (Lipinski definition) is 0. The summed E-state index contributed by atoms with van der Waals surface area (Å²) in [7, 11) is 0. The Bertz CT molecular complexity index is 1100. The summed E-state index contributed by atoms with van der Waals surface area (Å²) in [6.07, 6.45) is 2.79. The molecule has 1 heterocycles. The number of aryl methyl sites for hydroxylation is 2. The van der Waals surface area contributed by atoms with Gasteiger partial charge in [-0.05, 0) is 55.7 Å². The van der Waals surface area contributed by atoms with Gasteiger partial charge in [-0.1, -0.05) is 56.3 Å². The van der Waals surface area contributed by atoms with Gasteiger partial charge in [0.15, 0.2) is 6.10 Å². The van der Waals surface area contributed by atoms with Gasteiger partial charge in [-0.2, -0.15) is 0 Å². The molecule has 1 aliphatic carbocycles. The smallest absolute Gasteiger partial charge is 0.339 e. The number of carbonyl (C=O) groups excluding carboxylic acids is 2. The Morgan fingerprint density at radius 3 is 2.60 bits per heavy atom. The van der Waals surface area contributed by atoms with Crippen molar-refractivity contribution in [1.29, 1.82) is 0 Å². The molecule has 154 valence electrons. The molecule has 1 aliphatic rings. The van der Waals surface area contributed by atoms with Crippen LogP contribution in [0.2, 0.25) is 0 Å². The molecule has 4 nitrogen and oxygen atoms in total. The SMILES string of the molecule is CCc1ccc(C(=O)C(C)OC(=O)c2c3c(nc4ccccc24)CCC(C)C3)cc1. The molecule has 0 radical (unpaired) electrons. The van der Waals surface area contributed by atoms with Crippen LogP contribution >= 0.6 is 0 Å². The average molecular weight is 402 g/mol. The van der Waals surface area contributed by atoms with Crippen LogP contribution in [-0.2, 0) is 24.0 Å². The van der Waals surface area contributed by atoms with Crippen LogP contribution in [-0.4, -0.2) is 22.8 Å². The minimum Gasteiger partial charge on any atom is -0.451 e. The van der Waals surface area contributed by atoms with E-state index >= 15 is 0 Å². The highest BCUT2D eigenvalue weighted by Gasteiger charge is 2.28.